The molecule has 0 bridgehead atoms. The van der Waals surface area contributed by atoms with Crippen LogP contribution in [0.2, 0.25) is 0 Å². The molecule has 0 aliphatic carbocycles. The number of hydrogen-bond acceptors (Lipinski definition) is 9. The van der Waals surface area contributed by atoms with Gasteiger partial charge in [-0.2, -0.15) is 8.78 Å². The number of rotatable bonds is 5. The maximum atomic E-state index is 12.9. The zero-order valence-corrected chi connectivity index (χ0v) is 8.69. The molecule has 2 unspecified atom stereocenters. The molecule has 0 spiro atoms. The Bertz CT molecular complexity index is 310. The molecule has 17 heavy (non-hydrogen) atoms. The molecular formula is C6H6F2O8S. The minimum absolute atomic E-state index is 0.453. The molecule has 0 radical (unpaired) electrons. The Balaban J connectivity index is 2.56. The SMILES string of the molecule is O=C1OCC(O)C1OC(=O)C(F)(F)SOOO. The predicted molar refractivity (Wildman–Crippen MR) is 44.2 cm³/mol. The van der Waals surface area contributed by atoms with Crippen molar-refractivity contribution in [2.75, 3.05) is 6.61 Å². The van der Waals surface area contributed by atoms with Gasteiger partial charge < -0.3 is 14.6 Å². The highest BCUT2D eigenvalue weighted by atomic mass is 32.2. The zero-order chi connectivity index (χ0) is 13.1. The lowest BCUT2D eigenvalue weighted by Gasteiger charge is -2.15. The average Bonchev–Trinajstić information content (AvgIpc) is 2.58. The van der Waals surface area contributed by atoms with E-state index in [-0.39, 0.29) is 0 Å². The first-order valence-corrected chi connectivity index (χ1v) is 4.72. The summed E-state index contributed by atoms with van der Waals surface area (Å²) in [4.78, 5) is 21.7. The molecular weight excluding hydrogens is 270 g/mol. The van der Waals surface area contributed by atoms with E-state index in [0.717, 1.165) is 0 Å². The van der Waals surface area contributed by atoms with Crippen molar-refractivity contribution in [2.24, 2.45) is 0 Å². The molecule has 1 heterocycles. The largest absolute Gasteiger partial charge is 0.460 e. The second kappa shape index (κ2) is 5.55. The van der Waals surface area contributed by atoms with E-state index in [1.165, 1.54) is 0 Å². The first kappa shape index (κ1) is 14.1. The Morgan fingerprint density at radius 3 is 2.71 bits per heavy atom. The van der Waals surface area contributed by atoms with E-state index < -0.39 is 48.1 Å². The van der Waals surface area contributed by atoms with Gasteiger partial charge in [-0.3, -0.25) is 0 Å². The fourth-order valence-corrected chi connectivity index (χ4v) is 1.13. The van der Waals surface area contributed by atoms with Crippen molar-refractivity contribution >= 4 is 24.0 Å². The summed E-state index contributed by atoms with van der Waals surface area (Å²) < 4.78 is 37.4. The molecule has 2 N–H and O–H groups in total. The van der Waals surface area contributed by atoms with Crippen molar-refractivity contribution in [3.8, 4) is 0 Å². The molecule has 0 aromatic rings. The maximum absolute atomic E-state index is 12.9. The molecule has 1 aliphatic rings. The van der Waals surface area contributed by atoms with Crippen LogP contribution in [0.1, 0.15) is 0 Å². The predicted octanol–water partition coefficient (Wildman–Crippen LogP) is -0.522. The normalized spacial score (nSPS) is 24.6. The maximum Gasteiger partial charge on any atom is 0.415 e. The number of cyclic esters (lactones) is 1. The number of esters is 2. The smallest absolute Gasteiger partial charge is 0.415 e. The van der Waals surface area contributed by atoms with Crippen LogP contribution < -0.4 is 0 Å². The van der Waals surface area contributed by atoms with Crippen LogP contribution in [-0.4, -0.2) is 46.4 Å². The van der Waals surface area contributed by atoms with Gasteiger partial charge in [0.1, 0.15) is 24.8 Å². The van der Waals surface area contributed by atoms with Crippen LogP contribution in [-0.2, 0) is 28.4 Å². The van der Waals surface area contributed by atoms with Crippen LogP contribution in [0, 0.1) is 0 Å². The van der Waals surface area contributed by atoms with Gasteiger partial charge in [0, 0.05) is 0 Å². The average molecular weight is 276 g/mol. The van der Waals surface area contributed by atoms with E-state index in [1.54, 1.807) is 0 Å². The monoisotopic (exact) mass is 276 g/mol. The number of aliphatic hydroxyl groups is 1. The van der Waals surface area contributed by atoms with Crippen LogP contribution in [0.5, 0.6) is 0 Å². The van der Waals surface area contributed by atoms with Gasteiger partial charge in [0.25, 0.3) is 0 Å². The molecule has 11 heteroatoms. The lowest BCUT2D eigenvalue weighted by molar-refractivity contribution is -0.433. The summed E-state index contributed by atoms with van der Waals surface area (Å²) >= 11 is -0.841. The summed E-state index contributed by atoms with van der Waals surface area (Å²) in [5, 5.41) is 15.4. The molecule has 8 nitrogen and oxygen atoms in total. The summed E-state index contributed by atoms with van der Waals surface area (Å²) in [6.07, 6.45) is -3.33. The van der Waals surface area contributed by atoms with Crippen molar-refractivity contribution in [1.29, 1.82) is 0 Å². The standard InChI is InChI=1S/C6H6F2O8S/c7-6(8,17-16-15-12)5(11)14-3-2(9)1-13-4(3)10/h2-3,9,12H,1H2. The Labute approximate surface area is 96.4 Å². The number of ether oxygens (including phenoxy) is 2. The number of aliphatic hydroxyl groups excluding tert-OH is 1. The van der Waals surface area contributed by atoms with Crippen LogP contribution in [0.25, 0.3) is 0 Å². The van der Waals surface area contributed by atoms with Gasteiger partial charge in [-0.15, -0.1) is 4.33 Å². The molecule has 2 atom stereocenters. The molecule has 1 fully saturated rings. The van der Waals surface area contributed by atoms with E-state index >= 15 is 0 Å². The van der Waals surface area contributed by atoms with E-state index in [9.17, 15) is 18.4 Å². The van der Waals surface area contributed by atoms with Gasteiger partial charge in [0.15, 0.2) is 0 Å². The minimum Gasteiger partial charge on any atom is -0.460 e. The van der Waals surface area contributed by atoms with Crippen molar-refractivity contribution in [2.45, 2.75) is 17.5 Å². The highest BCUT2D eigenvalue weighted by molar-refractivity contribution is 7.96. The summed E-state index contributed by atoms with van der Waals surface area (Å²) in [6, 6.07) is 0. The Kier molecular flexibility index (Phi) is 4.59. The van der Waals surface area contributed by atoms with Crippen LogP contribution in [0.15, 0.2) is 0 Å². The third kappa shape index (κ3) is 3.47. The van der Waals surface area contributed by atoms with E-state index in [4.69, 9.17) is 10.4 Å². The Morgan fingerprint density at radius 1 is 1.59 bits per heavy atom. The lowest BCUT2D eigenvalue weighted by atomic mass is 10.2. The highest BCUT2D eigenvalue weighted by Crippen LogP contribution is 2.32. The second-order valence-electron chi connectivity index (χ2n) is 2.77. The number of hydrogen-bond donors (Lipinski definition) is 2. The zero-order valence-electron chi connectivity index (χ0n) is 7.87. The Morgan fingerprint density at radius 2 is 2.24 bits per heavy atom. The van der Waals surface area contributed by atoms with Crippen LogP contribution >= 0.6 is 12.0 Å². The summed E-state index contributed by atoms with van der Waals surface area (Å²) in [7, 11) is 0. The molecule has 1 aliphatic heterocycles. The van der Waals surface area contributed by atoms with Crippen LogP contribution in [0.3, 0.4) is 0 Å². The number of halogens is 2. The minimum atomic E-state index is -4.23. The molecule has 0 aromatic heterocycles. The van der Waals surface area contributed by atoms with Crippen LogP contribution in [0.4, 0.5) is 8.78 Å². The van der Waals surface area contributed by atoms with E-state index in [1.807, 2.05) is 0 Å². The van der Waals surface area contributed by atoms with Gasteiger partial charge in [-0.25, -0.2) is 14.8 Å². The fourth-order valence-electron chi connectivity index (χ4n) is 0.897. The fraction of sp³-hybridized carbons (Fsp3) is 0.667. The lowest BCUT2D eigenvalue weighted by Crippen LogP contribution is -2.38. The van der Waals surface area contributed by atoms with Crippen molar-refractivity contribution in [3.05, 3.63) is 0 Å². The quantitative estimate of drug-likeness (QED) is 0.296. The molecule has 0 amide bonds. The number of alkyl halides is 2. The first-order chi connectivity index (χ1) is 7.88. The molecule has 98 valence electrons. The van der Waals surface area contributed by atoms with Gasteiger partial charge in [0.2, 0.25) is 6.10 Å². The molecule has 0 aromatic carbocycles. The molecule has 1 rings (SSSR count). The topological polar surface area (TPSA) is 112 Å². The van der Waals surface area contributed by atoms with Crippen molar-refractivity contribution in [3.63, 3.8) is 0 Å². The van der Waals surface area contributed by atoms with Crippen molar-refractivity contribution < 1.29 is 47.6 Å². The number of carbonyl (C=O) groups is 2. The first-order valence-electron chi connectivity index (χ1n) is 3.98. The summed E-state index contributed by atoms with van der Waals surface area (Å²) in [5.74, 6) is -3.28. The Hall–Kier alpha value is -1.01. The summed E-state index contributed by atoms with van der Waals surface area (Å²) in [6.45, 7) is -0.453. The molecule has 0 saturated carbocycles. The number of carbonyl (C=O) groups excluding carboxylic acids is 2. The highest BCUT2D eigenvalue weighted by Gasteiger charge is 2.49. The second-order valence-corrected chi connectivity index (χ2v) is 3.58. The summed E-state index contributed by atoms with van der Waals surface area (Å²) in [5.41, 5.74) is 0. The van der Waals surface area contributed by atoms with E-state index in [0.29, 0.717) is 0 Å². The third-order valence-corrected chi connectivity index (χ3v) is 2.12. The molecule has 1 saturated heterocycles. The van der Waals surface area contributed by atoms with Crippen molar-refractivity contribution in [1.82, 2.24) is 0 Å². The van der Waals surface area contributed by atoms with Gasteiger partial charge in [-0.1, -0.05) is 5.04 Å². The van der Waals surface area contributed by atoms with Gasteiger partial charge >= 0.3 is 17.2 Å². The van der Waals surface area contributed by atoms with Gasteiger partial charge in [0.05, 0.1) is 0 Å². The third-order valence-electron chi connectivity index (χ3n) is 1.62. The van der Waals surface area contributed by atoms with Gasteiger partial charge in [-0.05, 0) is 0 Å². The van der Waals surface area contributed by atoms with E-state index in [2.05, 4.69) is 18.8 Å².